The van der Waals surface area contributed by atoms with E-state index in [0.717, 1.165) is 27.0 Å². The second-order valence-corrected chi connectivity index (χ2v) is 8.05. The molecule has 6 rings (SSSR count). The summed E-state index contributed by atoms with van der Waals surface area (Å²) in [5.74, 6) is 0. The topological polar surface area (TPSA) is 13.1 Å². The molecular formula is C26H17ClO. The summed E-state index contributed by atoms with van der Waals surface area (Å²) in [6, 6.07) is 29.8. The summed E-state index contributed by atoms with van der Waals surface area (Å²) in [7, 11) is 0. The van der Waals surface area contributed by atoms with E-state index in [1.165, 1.54) is 27.8 Å². The summed E-state index contributed by atoms with van der Waals surface area (Å²) in [5.41, 5.74) is 8.02. The van der Waals surface area contributed by atoms with Crippen LogP contribution in [0.15, 0.2) is 89.3 Å². The van der Waals surface area contributed by atoms with E-state index in [0.29, 0.717) is 0 Å². The van der Waals surface area contributed by atoms with Gasteiger partial charge >= 0.3 is 0 Å². The molecule has 5 aromatic rings. The van der Waals surface area contributed by atoms with Crippen molar-refractivity contribution in [2.75, 3.05) is 0 Å². The molecule has 0 fully saturated rings. The zero-order valence-corrected chi connectivity index (χ0v) is 16.1. The first-order valence-electron chi connectivity index (χ1n) is 9.48. The van der Waals surface area contributed by atoms with Gasteiger partial charge in [-0.2, -0.15) is 0 Å². The molecule has 0 unspecified atom stereocenters. The Morgan fingerprint density at radius 3 is 2.11 bits per heavy atom. The number of furan rings is 1. The predicted octanol–water partition coefficient (Wildman–Crippen LogP) is 7.57. The molecule has 0 saturated carbocycles. The minimum absolute atomic E-state index is 0.218. The Hall–Kier alpha value is -3.03. The van der Waals surface area contributed by atoms with Crippen LogP contribution < -0.4 is 0 Å². The van der Waals surface area contributed by atoms with Crippen molar-refractivity contribution in [3.63, 3.8) is 0 Å². The predicted molar refractivity (Wildman–Crippen MR) is 116 cm³/mol. The van der Waals surface area contributed by atoms with Crippen molar-refractivity contribution < 1.29 is 4.42 Å². The summed E-state index contributed by atoms with van der Waals surface area (Å²) in [6.07, 6.45) is 0. The lowest BCUT2D eigenvalue weighted by atomic mass is 9.74. The maximum Gasteiger partial charge on any atom is 0.136 e. The number of halogens is 1. The van der Waals surface area contributed by atoms with Gasteiger partial charge in [-0.25, -0.2) is 0 Å². The molecule has 0 amide bonds. The van der Waals surface area contributed by atoms with Gasteiger partial charge in [0.25, 0.3) is 0 Å². The Bertz CT molecular complexity index is 1350. The molecule has 0 saturated heterocycles. The van der Waals surface area contributed by atoms with E-state index in [4.69, 9.17) is 16.0 Å². The number of fused-ring (bicyclic) bond motifs is 6. The van der Waals surface area contributed by atoms with E-state index in [9.17, 15) is 0 Å². The largest absolute Gasteiger partial charge is 0.456 e. The molecule has 1 aromatic heterocycles. The van der Waals surface area contributed by atoms with Crippen LogP contribution in [0, 0.1) is 0 Å². The van der Waals surface area contributed by atoms with Crippen LogP contribution in [0.2, 0.25) is 5.02 Å². The normalized spacial score (nSPS) is 14.4. The summed E-state index contributed by atoms with van der Waals surface area (Å²) in [6.45, 7) is 2.31. The monoisotopic (exact) mass is 380 g/mol. The first kappa shape index (κ1) is 16.0. The molecule has 0 aliphatic heterocycles. The Morgan fingerprint density at radius 2 is 1.39 bits per heavy atom. The zero-order valence-electron chi connectivity index (χ0n) is 15.4. The van der Waals surface area contributed by atoms with Gasteiger partial charge in [-0.05, 0) is 52.9 Å². The van der Waals surface area contributed by atoms with E-state index in [2.05, 4.69) is 73.7 Å². The van der Waals surface area contributed by atoms with Crippen LogP contribution in [0.1, 0.15) is 23.6 Å². The number of rotatable bonds is 1. The lowest BCUT2D eigenvalue weighted by Crippen LogP contribution is -2.22. The van der Waals surface area contributed by atoms with E-state index in [-0.39, 0.29) is 5.41 Å². The molecule has 0 atom stereocenters. The van der Waals surface area contributed by atoms with Crippen molar-refractivity contribution in [3.05, 3.63) is 107 Å². The molecule has 0 bridgehead atoms. The van der Waals surface area contributed by atoms with E-state index in [1.54, 1.807) is 0 Å². The number of hydrogen-bond acceptors (Lipinski definition) is 1. The van der Waals surface area contributed by atoms with Crippen LogP contribution in [-0.2, 0) is 5.41 Å². The Balaban J connectivity index is 1.67. The van der Waals surface area contributed by atoms with Crippen molar-refractivity contribution in [1.29, 1.82) is 0 Å². The first-order valence-corrected chi connectivity index (χ1v) is 9.86. The molecule has 2 heteroatoms. The van der Waals surface area contributed by atoms with Crippen LogP contribution in [0.3, 0.4) is 0 Å². The van der Waals surface area contributed by atoms with Gasteiger partial charge in [-0.15, -0.1) is 0 Å². The van der Waals surface area contributed by atoms with Crippen molar-refractivity contribution >= 4 is 33.5 Å². The zero-order chi connectivity index (χ0) is 18.9. The van der Waals surface area contributed by atoms with Crippen molar-refractivity contribution in [3.8, 4) is 11.1 Å². The van der Waals surface area contributed by atoms with E-state index in [1.807, 2.05) is 18.2 Å². The lowest BCUT2D eigenvalue weighted by molar-refractivity contribution is 0.662. The van der Waals surface area contributed by atoms with Gasteiger partial charge in [0.1, 0.15) is 11.2 Å². The highest BCUT2D eigenvalue weighted by molar-refractivity contribution is 6.37. The quantitative estimate of drug-likeness (QED) is 0.292. The first-order chi connectivity index (χ1) is 13.7. The van der Waals surface area contributed by atoms with Gasteiger partial charge in [-0.1, -0.05) is 78.3 Å². The summed E-state index contributed by atoms with van der Waals surface area (Å²) in [5, 5.41) is 2.78. The van der Waals surface area contributed by atoms with Crippen LogP contribution in [0.4, 0.5) is 0 Å². The average Bonchev–Trinajstić information content (AvgIpc) is 3.23. The van der Waals surface area contributed by atoms with Crippen LogP contribution >= 0.6 is 11.6 Å². The fourth-order valence-corrected chi connectivity index (χ4v) is 5.13. The van der Waals surface area contributed by atoms with Gasteiger partial charge in [0.15, 0.2) is 0 Å². The average molecular weight is 381 g/mol. The number of hydrogen-bond donors (Lipinski definition) is 0. The van der Waals surface area contributed by atoms with E-state index >= 15 is 0 Å². The fraction of sp³-hybridized carbons (Fsp3) is 0.0769. The molecule has 4 aromatic carbocycles. The highest BCUT2D eigenvalue weighted by atomic mass is 35.5. The highest BCUT2D eigenvalue weighted by Crippen LogP contribution is 2.52. The standard InChI is InChI=1S/C26H17ClO/c1-26(20-9-4-2-7-17(20)18-8-3-5-10-21(18)26)16-13-14-19-24(15-16)28-23-12-6-11-22(27)25(19)23/h2-15H,1H3. The van der Waals surface area contributed by atoms with Crippen LogP contribution in [0.5, 0.6) is 0 Å². The molecule has 0 N–H and O–H groups in total. The van der Waals surface area contributed by atoms with Gasteiger partial charge in [0, 0.05) is 16.2 Å². The maximum absolute atomic E-state index is 6.45. The Labute approximate surface area is 168 Å². The van der Waals surface area contributed by atoms with Gasteiger partial charge in [0.05, 0.1) is 5.02 Å². The molecular weight excluding hydrogens is 364 g/mol. The molecule has 1 nitrogen and oxygen atoms in total. The summed E-state index contributed by atoms with van der Waals surface area (Å²) in [4.78, 5) is 0. The molecule has 0 radical (unpaired) electrons. The number of benzene rings is 4. The fourth-order valence-electron chi connectivity index (χ4n) is 4.86. The second kappa shape index (κ2) is 5.50. The smallest absolute Gasteiger partial charge is 0.136 e. The third-order valence-corrected chi connectivity index (χ3v) is 6.56. The Morgan fingerprint density at radius 1 is 0.714 bits per heavy atom. The third kappa shape index (κ3) is 1.92. The maximum atomic E-state index is 6.45. The molecule has 28 heavy (non-hydrogen) atoms. The Kier molecular flexibility index (Phi) is 3.14. The van der Waals surface area contributed by atoms with Crippen molar-refractivity contribution in [1.82, 2.24) is 0 Å². The summed E-state index contributed by atoms with van der Waals surface area (Å²) < 4.78 is 6.17. The second-order valence-electron chi connectivity index (χ2n) is 7.64. The van der Waals surface area contributed by atoms with Gasteiger partial charge in [-0.3, -0.25) is 0 Å². The molecule has 1 heterocycles. The SMILES string of the molecule is CC1(c2ccc3c(c2)oc2cccc(Cl)c23)c2ccccc2-c2ccccc21. The van der Waals surface area contributed by atoms with Gasteiger partial charge in [0.2, 0.25) is 0 Å². The highest BCUT2D eigenvalue weighted by Gasteiger charge is 2.40. The van der Waals surface area contributed by atoms with Crippen molar-refractivity contribution in [2.45, 2.75) is 12.3 Å². The van der Waals surface area contributed by atoms with Crippen LogP contribution in [0.25, 0.3) is 33.1 Å². The lowest BCUT2D eigenvalue weighted by Gasteiger charge is -2.28. The van der Waals surface area contributed by atoms with Crippen molar-refractivity contribution in [2.24, 2.45) is 0 Å². The molecule has 1 aliphatic carbocycles. The van der Waals surface area contributed by atoms with E-state index < -0.39 is 0 Å². The minimum atomic E-state index is -0.218. The van der Waals surface area contributed by atoms with Crippen LogP contribution in [-0.4, -0.2) is 0 Å². The van der Waals surface area contributed by atoms with Gasteiger partial charge < -0.3 is 4.42 Å². The summed E-state index contributed by atoms with van der Waals surface area (Å²) >= 11 is 6.45. The minimum Gasteiger partial charge on any atom is -0.456 e. The molecule has 134 valence electrons. The third-order valence-electron chi connectivity index (χ3n) is 6.25. The molecule has 1 aliphatic rings. The molecule has 0 spiro atoms.